The van der Waals surface area contributed by atoms with E-state index < -0.39 is 0 Å². The minimum absolute atomic E-state index is 0.356. The third kappa shape index (κ3) is 1.80. The van der Waals surface area contributed by atoms with Crippen molar-refractivity contribution in [2.75, 3.05) is 13.1 Å². The van der Waals surface area contributed by atoms with Crippen LogP contribution in [-0.4, -0.2) is 29.7 Å². The van der Waals surface area contributed by atoms with Gasteiger partial charge in [0.1, 0.15) is 0 Å². The summed E-state index contributed by atoms with van der Waals surface area (Å²) in [6.07, 6.45) is 2.60. The van der Waals surface area contributed by atoms with Crippen molar-refractivity contribution >= 4 is 5.71 Å². The van der Waals surface area contributed by atoms with Gasteiger partial charge in [0.25, 0.3) is 0 Å². The minimum atomic E-state index is 0.356. The van der Waals surface area contributed by atoms with E-state index in [2.05, 4.69) is 53.5 Å². The number of rotatable bonds is 2. The van der Waals surface area contributed by atoms with Crippen LogP contribution in [0.3, 0.4) is 0 Å². The SMILES string of the molecule is CC(C)c1ccc(C2NN=C3C4CCN(CC4)C32)cc1. The van der Waals surface area contributed by atoms with Gasteiger partial charge < -0.3 is 5.43 Å². The van der Waals surface area contributed by atoms with Crippen LogP contribution in [0.1, 0.15) is 49.8 Å². The molecular formula is C17H23N3. The van der Waals surface area contributed by atoms with Crippen LogP contribution in [0.5, 0.6) is 0 Å². The van der Waals surface area contributed by atoms with Crippen LogP contribution in [0.25, 0.3) is 0 Å². The molecule has 1 aromatic carbocycles. The normalized spacial score (nSPS) is 34.9. The molecule has 3 heteroatoms. The molecular weight excluding hydrogens is 246 g/mol. The van der Waals surface area contributed by atoms with Crippen molar-refractivity contribution in [3.8, 4) is 0 Å². The topological polar surface area (TPSA) is 27.6 Å². The van der Waals surface area contributed by atoms with Crippen molar-refractivity contribution in [2.24, 2.45) is 11.0 Å². The number of piperidine rings is 3. The smallest absolute Gasteiger partial charge is 0.0899 e. The van der Waals surface area contributed by atoms with Crippen molar-refractivity contribution in [1.82, 2.24) is 10.3 Å². The molecule has 20 heavy (non-hydrogen) atoms. The Labute approximate surface area is 121 Å². The van der Waals surface area contributed by atoms with E-state index in [1.54, 1.807) is 0 Å². The van der Waals surface area contributed by atoms with Crippen molar-refractivity contribution in [1.29, 1.82) is 0 Å². The first kappa shape index (κ1) is 12.4. The predicted octanol–water partition coefficient (Wildman–Crippen LogP) is 2.90. The minimum Gasteiger partial charge on any atom is -0.301 e. The number of hydrogen-bond donors (Lipinski definition) is 1. The Bertz CT molecular complexity index is 524. The maximum Gasteiger partial charge on any atom is 0.0899 e. The van der Waals surface area contributed by atoms with Gasteiger partial charge in [-0.15, -0.1) is 0 Å². The van der Waals surface area contributed by atoms with Gasteiger partial charge in [-0.25, -0.2) is 0 Å². The van der Waals surface area contributed by atoms with Crippen LogP contribution in [-0.2, 0) is 0 Å². The Kier molecular flexibility index (Phi) is 2.84. The lowest BCUT2D eigenvalue weighted by Crippen LogP contribution is -2.56. The lowest BCUT2D eigenvalue weighted by atomic mass is 9.78. The highest BCUT2D eigenvalue weighted by Gasteiger charge is 2.46. The van der Waals surface area contributed by atoms with E-state index in [0.29, 0.717) is 18.0 Å². The molecule has 5 rings (SSSR count). The summed E-state index contributed by atoms with van der Waals surface area (Å²) in [6.45, 7) is 6.99. The molecule has 0 aromatic heterocycles. The molecule has 0 spiro atoms. The fraction of sp³-hybridized carbons (Fsp3) is 0.588. The number of hydrogen-bond acceptors (Lipinski definition) is 3. The zero-order valence-electron chi connectivity index (χ0n) is 12.3. The first-order chi connectivity index (χ1) is 9.74. The molecule has 4 aliphatic rings. The summed E-state index contributed by atoms with van der Waals surface area (Å²) in [5.74, 6) is 1.33. The fourth-order valence-electron chi connectivity index (χ4n) is 4.00. The molecule has 3 nitrogen and oxygen atoms in total. The Morgan fingerprint density at radius 1 is 1.15 bits per heavy atom. The summed E-state index contributed by atoms with van der Waals surface area (Å²) in [7, 11) is 0. The van der Waals surface area contributed by atoms with Crippen LogP contribution >= 0.6 is 0 Å². The Hall–Kier alpha value is -1.35. The second kappa shape index (κ2) is 4.59. The molecule has 4 heterocycles. The third-order valence-corrected chi connectivity index (χ3v) is 5.25. The molecule has 0 radical (unpaired) electrons. The number of fused-ring (bicyclic) bond motifs is 2. The third-order valence-electron chi connectivity index (χ3n) is 5.25. The van der Waals surface area contributed by atoms with Crippen LogP contribution in [0.2, 0.25) is 0 Å². The van der Waals surface area contributed by atoms with Crippen LogP contribution in [0.4, 0.5) is 0 Å². The molecule has 3 fully saturated rings. The monoisotopic (exact) mass is 269 g/mol. The van der Waals surface area contributed by atoms with Crippen molar-refractivity contribution < 1.29 is 0 Å². The predicted molar refractivity (Wildman–Crippen MR) is 81.9 cm³/mol. The molecule has 3 saturated heterocycles. The van der Waals surface area contributed by atoms with E-state index in [0.717, 1.165) is 5.92 Å². The molecule has 0 amide bonds. The molecule has 0 saturated carbocycles. The van der Waals surface area contributed by atoms with Crippen molar-refractivity contribution in [3.05, 3.63) is 35.4 Å². The molecule has 106 valence electrons. The van der Waals surface area contributed by atoms with Crippen LogP contribution in [0.15, 0.2) is 29.4 Å². The highest BCUT2D eigenvalue weighted by molar-refractivity contribution is 5.95. The fourth-order valence-corrected chi connectivity index (χ4v) is 4.00. The maximum atomic E-state index is 4.68. The van der Waals surface area contributed by atoms with Crippen molar-refractivity contribution in [2.45, 2.75) is 44.7 Å². The molecule has 0 aliphatic carbocycles. The van der Waals surface area contributed by atoms with E-state index >= 15 is 0 Å². The van der Waals surface area contributed by atoms with Crippen LogP contribution < -0.4 is 5.43 Å². The average molecular weight is 269 g/mol. The van der Waals surface area contributed by atoms with E-state index in [9.17, 15) is 0 Å². The second-order valence-corrected chi connectivity index (χ2v) is 6.72. The first-order valence-electron chi connectivity index (χ1n) is 7.91. The highest BCUT2D eigenvalue weighted by Crippen LogP contribution is 2.38. The van der Waals surface area contributed by atoms with Gasteiger partial charge in [-0.1, -0.05) is 38.1 Å². The van der Waals surface area contributed by atoms with Gasteiger partial charge in [0.2, 0.25) is 0 Å². The molecule has 1 aromatic rings. The Morgan fingerprint density at radius 2 is 1.85 bits per heavy atom. The summed E-state index contributed by atoms with van der Waals surface area (Å²) >= 11 is 0. The maximum absolute atomic E-state index is 4.68. The summed E-state index contributed by atoms with van der Waals surface area (Å²) in [4.78, 5) is 2.62. The van der Waals surface area contributed by atoms with Gasteiger partial charge in [0, 0.05) is 5.92 Å². The van der Waals surface area contributed by atoms with E-state index in [1.807, 2.05) is 0 Å². The van der Waals surface area contributed by atoms with E-state index in [-0.39, 0.29) is 0 Å². The van der Waals surface area contributed by atoms with Gasteiger partial charge in [0.05, 0.1) is 17.8 Å². The van der Waals surface area contributed by atoms with Gasteiger partial charge >= 0.3 is 0 Å². The quantitative estimate of drug-likeness (QED) is 0.894. The van der Waals surface area contributed by atoms with Gasteiger partial charge in [-0.05, 0) is 43.0 Å². The van der Waals surface area contributed by atoms with Gasteiger partial charge in [0.15, 0.2) is 0 Å². The number of benzene rings is 1. The lowest BCUT2D eigenvalue weighted by molar-refractivity contribution is 0.133. The lowest BCUT2D eigenvalue weighted by Gasteiger charge is -2.45. The van der Waals surface area contributed by atoms with E-state index in [4.69, 9.17) is 0 Å². The van der Waals surface area contributed by atoms with Crippen LogP contribution in [0, 0.1) is 5.92 Å². The number of nitrogens with one attached hydrogen (secondary N) is 1. The first-order valence-corrected chi connectivity index (χ1v) is 7.91. The number of hydrazone groups is 1. The van der Waals surface area contributed by atoms with E-state index in [1.165, 1.54) is 42.8 Å². The Balaban J connectivity index is 1.61. The molecule has 2 bridgehead atoms. The molecule has 2 atom stereocenters. The largest absolute Gasteiger partial charge is 0.301 e. The molecule has 2 unspecified atom stereocenters. The van der Waals surface area contributed by atoms with Crippen molar-refractivity contribution in [3.63, 3.8) is 0 Å². The average Bonchev–Trinajstić information content (AvgIpc) is 2.95. The summed E-state index contributed by atoms with van der Waals surface area (Å²) < 4.78 is 0. The van der Waals surface area contributed by atoms with Gasteiger partial charge in [-0.3, -0.25) is 4.90 Å². The van der Waals surface area contributed by atoms with Gasteiger partial charge in [-0.2, -0.15) is 5.10 Å². The zero-order valence-corrected chi connectivity index (χ0v) is 12.3. The second-order valence-electron chi connectivity index (χ2n) is 6.72. The summed E-state index contributed by atoms with van der Waals surface area (Å²) in [5, 5.41) is 4.68. The standard InChI is InChI=1S/C17H23N3/c1-11(2)12-3-5-13(6-4-12)15-17-16(19-18-15)14-7-9-20(17)10-8-14/h3-6,11,14-15,17-18H,7-10H2,1-2H3. The number of nitrogens with zero attached hydrogens (tertiary/aromatic N) is 2. The Morgan fingerprint density at radius 3 is 2.50 bits per heavy atom. The zero-order chi connectivity index (χ0) is 13.7. The molecule has 4 aliphatic heterocycles. The molecule has 1 N–H and O–H groups in total. The summed E-state index contributed by atoms with van der Waals surface area (Å²) in [6, 6.07) is 9.98. The summed E-state index contributed by atoms with van der Waals surface area (Å²) in [5.41, 5.74) is 7.62. The highest BCUT2D eigenvalue weighted by atomic mass is 15.4.